The van der Waals surface area contributed by atoms with E-state index in [0.29, 0.717) is 18.4 Å². The summed E-state index contributed by atoms with van der Waals surface area (Å²) in [6.45, 7) is 8.86. The zero-order chi connectivity index (χ0) is 17.0. The predicted octanol–water partition coefficient (Wildman–Crippen LogP) is 4.27. The molecule has 1 aliphatic rings. The van der Waals surface area contributed by atoms with E-state index in [-0.39, 0.29) is 23.7 Å². The number of halogens is 2. The van der Waals surface area contributed by atoms with Crippen LogP contribution in [0.15, 0.2) is 28.7 Å². The SMILES string of the molecule is CC(C)CC(Cc1cccc(Br)c1)C(=O)N1CCC(C)(CN)C1.Cl. The second-order valence-electron chi connectivity index (χ2n) is 7.69. The molecule has 1 aromatic rings. The van der Waals surface area contributed by atoms with Gasteiger partial charge < -0.3 is 10.6 Å². The Balaban J connectivity index is 0.00000288. The molecule has 0 aromatic heterocycles. The van der Waals surface area contributed by atoms with Gasteiger partial charge in [0.05, 0.1) is 0 Å². The van der Waals surface area contributed by atoms with Gasteiger partial charge in [-0.3, -0.25) is 4.79 Å². The minimum absolute atomic E-state index is 0. The Morgan fingerprint density at radius 3 is 2.67 bits per heavy atom. The van der Waals surface area contributed by atoms with Gasteiger partial charge in [0.25, 0.3) is 0 Å². The molecule has 0 aliphatic carbocycles. The number of rotatable bonds is 6. The number of carbonyl (C=O) groups is 1. The lowest BCUT2D eigenvalue weighted by molar-refractivity contribution is -0.135. The number of benzene rings is 1. The molecule has 1 aliphatic heterocycles. The van der Waals surface area contributed by atoms with Crippen molar-refractivity contribution in [1.82, 2.24) is 4.90 Å². The normalized spacial score (nSPS) is 21.7. The summed E-state index contributed by atoms with van der Waals surface area (Å²) in [4.78, 5) is 15.1. The maximum absolute atomic E-state index is 13.0. The molecule has 2 N–H and O–H groups in total. The Bertz CT molecular complexity index is 552. The fourth-order valence-electron chi connectivity index (χ4n) is 3.43. The van der Waals surface area contributed by atoms with Crippen molar-refractivity contribution in [2.24, 2.45) is 23.0 Å². The summed E-state index contributed by atoms with van der Waals surface area (Å²) in [6, 6.07) is 8.29. The highest BCUT2D eigenvalue weighted by Gasteiger charge is 2.37. The van der Waals surface area contributed by atoms with Crippen LogP contribution in [0.2, 0.25) is 0 Å². The first-order valence-electron chi connectivity index (χ1n) is 8.56. The minimum atomic E-state index is 0. The largest absolute Gasteiger partial charge is 0.342 e. The Labute approximate surface area is 160 Å². The van der Waals surface area contributed by atoms with Crippen LogP contribution in [0.4, 0.5) is 0 Å². The van der Waals surface area contributed by atoms with Crippen molar-refractivity contribution in [1.29, 1.82) is 0 Å². The number of hydrogen-bond acceptors (Lipinski definition) is 2. The quantitative estimate of drug-likeness (QED) is 0.751. The monoisotopic (exact) mass is 416 g/mol. The topological polar surface area (TPSA) is 46.3 Å². The molecule has 2 atom stereocenters. The summed E-state index contributed by atoms with van der Waals surface area (Å²) in [7, 11) is 0. The van der Waals surface area contributed by atoms with Gasteiger partial charge in [-0.2, -0.15) is 0 Å². The second kappa shape index (κ2) is 9.21. The predicted molar refractivity (Wildman–Crippen MR) is 106 cm³/mol. The van der Waals surface area contributed by atoms with Crippen LogP contribution in [0.3, 0.4) is 0 Å². The standard InChI is InChI=1S/C19H29BrN2O.ClH/c1-14(2)9-16(10-15-5-4-6-17(20)11-15)18(23)22-8-7-19(3,12-21)13-22;/h4-6,11,14,16H,7-10,12-13,21H2,1-3H3;1H. The van der Waals surface area contributed by atoms with E-state index < -0.39 is 0 Å². The van der Waals surface area contributed by atoms with Crippen molar-refractivity contribution >= 4 is 34.2 Å². The van der Waals surface area contributed by atoms with Crippen LogP contribution in [0.5, 0.6) is 0 Å². The lowest BCUT2D eigenvalue weighted by Gasteiger charge is -2.27. The highest BCUT2D eigenvalue weighted by Crippen LogP contribution is 2.31. The number of hydrogen-bond donors (Lipinski definition) is 1. The number of amides is 1. The molecule has 0 radical (unpaired) electrons. The molecular weight excluding hydrogens is 388 g/mol. The minimum Gasteiger partial charge on any atom is -0.342 e. The fourth-order valence-corrected chi connectivity index (χ4v) is 3.87. The molecule has 5 heteroatoms. The van der Waals surface area contributed by atoms with E-state index in [0.717, 1.165) is 36.8 Å². The second-order valence-corrected chi connectivity index (χ2v) is 8.60. The number of nitrogens with zero attached hydrogens (tertiary/aromatic N) is 1. The molecule has 24 heavy (non-hydrogen) atoms. The summed E-state index contributed by atoms with van der Waals surface area (Å²) >= 11 is 3.52. The van der Waals surface area contributed by atoms with E-state index in [1.807, 2.05) is 17.0 Å². The van der Waals surface area contributed by atoms with Gasteiger partial charge in [0.2, 0.25) is 5.91 Å². The molecule has 1 saturated heterocycles. The molecule has 0 spiro atoms. The first kappa shape index (κ1) is 21.5. The first-order valence-corrected chi connectivity index (χ1v) is 9.35. The van der Waals surface area contributed by atoms with Crippen molar-refractivity contribution in [3.63, 3.8) is 0 Å². The Morgan fingerprint density at radius 1 is 1.42 bits per heavy atom. The molecular formula is C19H30BrClN2O. The highest BCUT2D eigenvalue weighted by molar-refractivity contribution is 9.10. The maximum atomic E-state index is 13.0. The van der Waals surface area contributed by atoms with Gasteiger partial charge in [0, 0.05) is 23.5 Å². The van der Waals surface area contributed by atoms with Crippen LogP contribution in [-0.2, 0) is 11.2 Å². The third-order valence-electron chi connectivity index (χ3n) is 4.84. The van der Waals surface area contributed by atoms with E-state index in [2.05, 4.69) is 48.8 Å². The van der Waals surface area contributed by atoms with E-state index in [9.17, 15) is 4.79 Å². The smallest absolute Gasteiger partial charge is 0.226 e. The van der Waals surface area contributed by atoms with Gasteiger partial charge in [0.15, 0.2) is 0 Å². The van der Waals surface area contributed by atoms with Crippen molar-refractivity contribution in [3.8, 4) is 0 Å². The van der Waals surface area contributed by atoms with Gasteiger partial charge in [0.1, 0.15) is 0 Å². The van der Waals surface area contributed by atoms with Gasteiger partial charge in [-0.05, 0) is 54.8 Å². The van der Waals surface area contributed by atoms with Crippen molar-refractivity contribution in [3.05, 3.63) is 34.3 Å². The van der Waals surface area contributed by atoms with Gasteiger partial charge in [-0.1, -0.05) is 48.8 Å². The number of nitrogens with two attached hydrogens (primary N) is 1. The molecule has 1 fully saturated rings. The lowest BCUT2D eigenvalue weighted by Crippen LogP contribution is -2.38. The summed E-state index contributed by atoms with van der Waals surface area (Å²) in [6.07, 6.45) is 2.76. The molecule has 3 nitrogen and oxygen atoms in total. The van der Waals surface area contributed by atoms with Crippen LogP contribution in [0.1, 0.15) is 39.2 Å². The van der Waals surface area contributed by atoms with Gasteiger partial charge in [-0.15, -0.1) is 12.4 Å². The zero-order valence-electron chi connectivity index (χ0n) is 14.9. The first-order chi connectivity index (χ1) is 10.8. The van der Waals surface area contributed by atoms with E-state index >= 15 is 0 Å². The average molecular weight is 418 g/mol. The maximum Gasteiger partial charge on any atom is 0.226 e. The van der Waals surface area contributed by atoms with Crippen molar-refractivity contribution in [2.45, 2.75) is 40.0 Å². The summed E-state index contributed by atoms with van der Waals surface area (Å²) in [5.41, 5.74) is 7.20. The van der Waals surface area contributed by atoms with Crippen LogP contribution < -0.4 is 5.73 Å². The molecule has 1 aromatic carbocycles. The Hall–Kier alpha value is -0.580. The van der Waals surface area contributed by atoms with Crippen LogP contribution in [-0.4, -0.2) is 30.4 Å². The molecule has 0 saturated carbocycles. The molecule has 1 heterocycles. The van der Waals surface area contributed by atoms with Crippen molar-refractivity contribution in [2.75, 3.05) is 19.6 Å². The van der Waals surface area contributed by atoms with E-state index in [4.69, 9.17) is 5.73 Å². The molecule has 2 rings (SSSR count). The number of carbonyl (C=O) groups excluding carboxylic acids is 1. The average Bonchev–Trinajstić information content (AvgIpc) is 2.89. The van der Waals surface area contributed by atoms with Gasteiger partial charge in [-0.25, -0.2) is 0 Å². The fraction of sp³-hybridized carbons (Fsp3) is 0.632. The summed E-state index contributed by atoms with van der Waals surface area (Å²) in [5.74, 6) is 0.875. The molecule has 0 bridgehead atoms. The van der Waals surface area contributed by atoms with Crippen LogP contribution >= 0.6 is 28.3 Å². The summed E-state index contributed by atoms with van der Waals surface area (Å²) in [5, 5.41) is 0. The Kier molecular flexibility index (Phi) is 8.24. The molecule has 1 amide bonds. The van der Waals surface area contributed by atoms with Crippen LogP contribution in [0, 0.1) is 17.3 Å². The summed E-state index contributed by atoms with van der Waals surface area (Å²) < 4.78 is 1.07. The molecule has 136 valence electrons. The lowest BCUT2D eigenvalue weighted by atomic mass is 9.89. The third-order valence-corrected chi connectivity index (χ3v) is 5.33. The highest BCUT2D eigenvalue weighted by atomic mass is 79.9. The molecule has 2 unspecified atom stereocenters. The van der Waals surface area contributed by atoms with E-state index in [1.54, 1.807) is 0 Å². The third kappa shape index (κ3) is 5.75. The zero-order valence-corrected chi connectivity index (χ0v) is 17.3. The van der Waals surface area contributed by atoms with Crippen LogP contribution in [0.25, 0.3) is 0 Å². The Morgan fingerprint density at radius 2 is 2.12 bits per heavy atom. The van der Waals surface area contributed by atoms with E-state index in [1.165, 1.54) is 5.56 Å². The van der Waals surface area contributed by atoms with Gasteiger partial charge >= 0.3 is 0 Å². The van der Waals surface area contributed by atoms with Crippen molar-refractivity contribution < 1.29 is 4.79 Å². The number of likely N-dealkylation sites (tertiary alicyclic amines) is 1.